The smallest absolute Gasteiger partial charge is 0.243 e. The predicted octanol–water partition coefficient (Wildman–Crippen LogP) is 4.83. The first-order valence-electron chi connectivity index (χ1n) is 14.7. The number of carbonyl (C=O) groups is 2. The van der Waals surface area contributed by atoms with E-state index in [1.54, 1.807) is 23.1 Å². The second-order valence-corrected chi connectivity index (χ2v) is 12.7. The highest BCUT2D eigenvalue weighted by atomic mass is 32.2. The summed E-state index contributed by atoms with van der Waals surface area (Å²) in [5.41, 5.74) is 3.37. The molecule has 0 radical (unpaired) electrons. The van der Waals surface area contributed by atoms with Crippen molar-refractivity contribution in [2.75, 3.05) is 30.4 Å². The molecule has 3 aromatic rings. The summed E-state index contributed by atoms with van der Waals surface area (Å²) >= 11 is 0. The number of sulfonamides is 1. The van der Waals surface area contributed by atoms with Gasteiger partial charge in [0.15, 0.2) is 11.5 Å². The summed E-state index contributed by atoms with van der Waals surface area (Å²) in [7, 11) is -3.64. The molecule has 4 rings (SSSR count). The van der Waals surface area contributed by atoms with E-state index in [-0.39, 0.29) is 44.5 Å². The first kappa shape index (κ1) is 31.9. The topological polar surface area (TPSA) is 105 Å². The van der Waals surface area contributed by atoms with Gasteiger partial charge in [0, 0.05) is 38.5 Å². The molecule has 0 aliphatic carbocycles. The van der Waals surface area contributed by atoms with E-state index in [2.05, 4.69) is 12.2 Å². The largest absolute Gasteiger partial charge is 0.454 e. The van der Waals surface area contributed by atoms with E-state index >= 15 is 0 Å². The van der Waals surface area contributed by atoms with Crippen molar-refractivity contribution >= 4 is 27.5 Å². The van der Waals surface area contributed by atoms with E-state index in [0.717, 1.165) is 35.8 Å². The average Bonchev–Trinajstić information content (AvgIpc) is 3.46. The van der Waals surface area contributed by atoms with E-state index in [1.807, 2.05) is 61.5 Å². The number of anilines is 1. The van der Waals surface area contributed by atoms with E-state index in [1.165, 1.54) is 4.31 Å². The van der Waals surface area contributed by atoms with Crippen LogP contribution in [0.2, 0.25) is 0 Å². The minimum Gasteiger partial charge on any atom is -0.454 e. The Kier molecular flexibility index (Phi) is 11.1. The van der Waals surface area contributed by atoms with Crippen LogP contribution in [0.15, 0.2) is 72.8 Å². The Bertz CT molecular complexity index is 1500. The third-order valence-corrected chi connectivity index (χ3v) is 8.69. The summed E-state index contributed by atoms with van der Waals surface area (Å²) < 4.78 is 37.6. The van der Waals surface area contributed by atoms with Gasteiger partial charge in [-0.1, -0.05) is 67.9 Å². The molecule has 0 unspecified atom stereocenters. The van der Waals surface area contributed by atoms with Crippen LogP contribution in [0.5, 0.6) is 11.5 Å². The highest BCUT2D eigenvalue weighted by Gasteiger charge is 2.31. The minimum atomic E-state index is -3.64. The van der Waals surface area contributed by atoms with Gasteiger partial charge in [-0.25, -0.2) is 8.42 Å². The Hall–Kier alpha value is -4.05. The van der Waals surface area contributed by atoms with Crippen molar-refractivity contribution < 1.29 is 27.5 Å². The third kappa shape index (κ3) is 8.73. The standard InChI is InChI=1S/C33H41N3O6S/c1-4-5-19-34-33(38)29(21-26-13-7-6-8-14-26)35(23-27-15-10-9-12-25(27)2)32(37)16-11-20-36(43(3,39)40)28-17-18-30-31(22-28)42-24-41-30/h6-10,12-15,17-18,22,29H,4-5,11,16,19-21,23-24H2,1-3H3,(H,34,38)/t29-/m1/s1. The molecule has 9 nitrogen and oxygen atoms in total. The van der Waals surface area contributed by atoms with E-state index in [0.29, 0.717) is 30.2 Å². The molecule has 0 saturated heterocycles. The van der Waals surface area contributed by atoms with Crippen LogP contribution >= 0.6 is 0 Å². The number of rotatable bonds is 15. The Balaban J connectivity index is 1.57. The van der Waals surface area contributed by atoms with Gasteiger partial charge in [-0.2, -0.15) is 0 Å². The SMILES string of the molecule is CCCCNC(=O)[C@@H](Cc1ccccc1)N(Cc1ccccc1C)C(=O)CCCN(c1ccc2c(c1)OCO2)S(C)(=O)=O. The zero-order chi connectivity index (χ0) is 30.8. The van der Waals surface area contributed by atoms with Crippen LogP contribution in [0.1, 0.15) is 49.3 Å². The number of amides is 2. The van der Waals surface area contributed by atoms with Crippen LogP contribution in [0.25, 0.3) is 0 Å². The predicted molar refractivity (Wildman–Crippen MR) is 168 cm³/mol. The van der Waals surface area contributed by atoms with Gasteiger partial charge in [0.2, 0.25) is 28.6 Å². The van der Waals surface area contributed by atoms with Crippen LogP contribution in [0, 0.1) is 6.92 Å². The van der Waals surface area contributed by atoms with Crippen molar-refractivity contribution in [1.82, 2.24) is 10.2 Å². The summed E-state index contributed by atoms with van der Waals surface area (Å²) in [5.74, 6) is 0.622. The first-order chi connectivity index (χ1) is 20.7. The van der Waals surface area contributed by atoms with Crippen LogP contribution in [0.3, 0.4) is 0 Å². The van der Waals surface area contributed by atoms with Crippen molar-refractivity contribution in [1.29, 1.82) is 0 Å². The van der Waals surface area contributed by atoms with Crippen molar-refractivity contribution in [3.63, 3.8) is 0 Å². The highest BCUT2D eigenvalue weighted by Crippen LogP contribution is 2.36. The summed E-state index contributed by atoms with van der Waals surface area (Å²) in [6, 6.07) is 21.7. The molecular weight excluding hydrogens is 566 g/mol. The van der Waals surface area contributed by atoms with Gasteiger partial charge >= 0.3 is 0 Å². The van der Waals surface area contributed by atoms with E-state index < -0.39 is 16.1 Å². The molecule has 10 heteroatoms. The Labute approximate surface area is 254 Å². The fourth-order valence-corrected chi connectivity index (χ4v) is 6.03. The van der Waals surface area contributed by atoms with E-state index in [9.17, 15) is 18.0 Å². The molecule has 1 aliphatic heterocycles. The second kappa shape index (κ2) is 14.9. The molecule has 0 aromatic heterocycles. The molecule has 0 saturated carbocycles. The summed E-state index contributed by atoms with van der Waals surface area (Å²) in [6.45, 7) is 5.02. The number of hydrogen-bond acceptors (Lipinski definition) is 6. The molecule has 230 valence electrons. The molecule has 1 heterocycles. The number of fused-ring (bicyclic) bond motifs is 1. The molecule has 43 heavy (non-hydrogen) atoms. The van der Waals surface area contributed by atoms with E-state index in [4.69, 9.17) is 9.47 Å². The lowest BCUT2D eigenvalue weighted by Crippen LogP contribution is -2.50. The molecule has 1 aliphatic rings. The zero-order valence-electron chi connectivity index (χ0n) is 25.1. The van der Waals surface area contributed by atoms with Gasteiger partial charge in [-0.05, 0) is 48.6 Å². The normalized spacial score (nSPS) is 12.9. The number of carbonyl (C=O) groups excluding carboxylic acids is 2. The molecular formula is C33H41N3O6S. The quantitative estimate of drug-likeness (QED) is 0.248. The van der Waals surface area contributed by atoms with Gasteiger partial charge in [0.05, 0.1) is 11.9 Å². The summed E-state index contributed by atoms with van der Waals surface area (Å²) in [4.78, 5) is 29.3. The molecule has 0 fully saturated rings. The maximum Gasteiger partial charge on any atom is 0.243 e. The lowest BCUT2D eigenvalue weighted by molar-refractivity contribution is -0.141. The average molecular weight is 608 g/mol. The van der Waals surface area contributed by atoms with Crippen LogP contribution in [-0.4, -0.2) is 57.3 Å². The van der Waals surface area contributed by atoms with Crippen LogP contribution < -0.4 is 19.1 Å². The number of nitrogens with zero attached hydrogens (tertiary/aromatic N) is 2. The summed E-state index contributed by atoms with van der Waals surface area (Å²) in [5, 5.41) is 3.03. The number of benzene rings is 3. The number of hydrogen-bond donors (Lipinski definition) is 1. The van der Waals surface area contributed by atoms with Crippen molar-refractivity contribution in [2.24, 2.45) is 0 Å². The first-order valence-corrected chi connectivity index (χ1v) is 16.5. The van der Waals surface area contributed by atoms with Gasteiger partial charge in [0.1, 0.15) is 6.04 Å². The summed E-state index contributed by atoms with van der Waals surface area (Å²) in [6.07, 6.45) is 3.62. The van der Waals surface area contributed by atoms with Gasteiger partial charge in [0.25, 0.3) is 0 Å². The maximum absolute atomic E-state index is 14.0. The molecule has 0 bridgehead atoms. The zero-order valence-corrected chi connectivity index (χ0v) is 25.9. The highest BCUT2D eigenvalue weighted by molar-refractivity contribution is 7.92. The minimum absolute atomic E-state index is 0.0655. The number of unbranched alkanes of at least 4 members (excludes halogenated alkanes) is 1. The molecule has 2 amide bonds. The fraction of sp³-hybridized carbons (Fsp3) is 0.394. The molecule has 1 atom stereocenters. The van der Waals surface area contributed by atoms with Crippen LogP contribution in [-0.2, 0) is 32.6 Å². The third-order valence-electron chi connectivity index (χ3n) is 7.50. The monoisotopic (exact) mass is 607 g/mol. The maximum atomic E-state index is 14.0. The molecule has 3 aromatic carbocycles. The molecule has 0 spiro atoms. The van der Waals surface area contributed by atoms with Gasteiger partial charge < -0.3 is 19.7 Å². The van der Waals surface area contributed by atoms with Gasteiger partial charge in [-0.3, -0.25) is 13.9 Å². The second-order valence-electron chi connectivity index (χ2n) is 10.8. The lowest BCUT2D eigenvalue weighted by Gasteiger charge is -2.32. The number of nitrogens with one attached hydrogen (secondary N) is 1. The van der Waals surface area contributed by atoms with Gasteiger partial charge in [-0.15, -0.1) is 0 Å². The number of aryl methyl sites for hydroxylation is 1. The lowest BCUT2D eigenvalue weighted by atomic mass is 10.0. The van der Waals surface area contributed by atoms with Crippen molar-refractivity contribution in [3.05, 3.63) is 89.5 Å². The van der Waals surface area contributed by atoms with Crippen LogP contribution in [0.4, 0.5) is 5.69 Å². The van der Waals surface area contributed by atoms with Crippen molar-refractivity contribution in [3.8, 4) is 11.5 Å². The number of ether oxygens (including phenoxy) is 2. The van der Waals surface area contributed by atoms with Crippen molar-refractivity contribution in [2.45, 2.75) is 58.5 Å². The molecule has 1 N–H and O–H groups in total. The fourth-order valence-electron chi connectivity index (χ4n) is 5.08. The Morgan fingerprint density at radius 1 is 0.953 bits per heavy atom. The Morgan fingerprint density at radius 3 is 2.40 bits per heavy atom. The Morgan fingerprint density at radius 2 is 1.67 bits per heavy atom.